The van der Waals surface area contributed by atoms with Crippen molar-refractivity contribution in [1.82, 2.24) is 5.32 Å². The molecule has 1 aliphatic rings. The van der Waals surface area contributed by atoms with Crippen LogP contribution in [0.2, 0.25) is 0 Å². The molecule has 0 saturated carbocycles. The summed E-state index contributed by atoms with van der Waals surface area (Å²) in [6.07, 6.45) is -0.212. The number of hydrogen-bond acceptors (Lipinski definition) is 3. The molecule has 4 nitrogen and oxygen atoms in total. The molecule has 0 aliphatic carbocycles. The van der Waals surface area contributed by atoms with Crippen molar-refractivity contribution in [3.63, 3.8) is 0 Å². The van der Waals surface area contributed by atoms with Gasteiger partial charge in [0, 0.05) is 0 Å². The summed E-state index contributed by atoms with van der Waals surface area (Å²) in [5.74, 6) is 1.05. The van der Waals surface area contributed by atoms with Gasteiger partial charge >= 0.3 is 0 Å². The molecule has 1 amide bonds. The molecule has 1 heterocycles. The minimum atomic E-state index is -0.357. The van der Waals surface area contributed by atoms with Gasteiger partial charge in [0.05, 0.1) is 12.5 Å². The van der Waals surface area contributed by atoms with E-state index in [0.29, 0.717) is 18.9 Å². The third kappa shape index (κ3) is 3.95. The second kappa shape index (κ2) is 7.96. The van der Waals surface area contributed by atoms with Crippen LogP contribution in [0.15, 0.2) is 84.9 Å². The van der Waals surface area contributed by atoms with Crippen molar-refractivity contribution in [3.8, 4) is 11.5 Å². The third-order valence-electron chi connectivity index (χ3n) is 4.60. The number of carbonyl (C=O) groups is 1. The Bertz CT molecular complexity index is 856. The second-order valence-corrected chi connectivity index (χ2v) is 6.50. The molecule has 0 saturated heterocycles. The highest BCUT2D eigenvalue weighted by Gasteiger charge is 2.25. The van der Waals surface area contributed by atoms with E-state index in [0.717, 1.165) is 16.9 Å². The number of nitrogens with one attached hydrogen (secondary N) is 1. The predicted octanol–water partition coefficient (Wildman–Crippen LogP) is 3.77. The van der Waals surface area contributed by atoms with Crippen LogP contribution in [0, 0.1) is 0 Å². The first-order chi connectivity index (χ1) is 13.3. The lowest BCUT2D eigenvalue weighted by Crippen LogP contribution is -2.42. The van der Waals surface area contributed by atoms with Crippen molar-refractivity contribution in [3.05, 3.63) is 96.1 Å². The number of amides is 1. The van der Waals surface area contributed by atoms with Gasteiger partial charge in [0.2, 0.25) is 5.91 Å². The van der Waals surface area contributed by atoms with Gasteiger partial charge in [-0.25, -0.2) is 0 Å². The van der Waals surface area contributed by atoms with Crippen LogP contribution in [-0.4, -0.2) is 25.2 Å². The van der Waals surface area contributed by atoms with Crippen LogP contribution in [-0.2, 0) is 4.79 Å². The Morgan fingerprint density at radius 3 is 2.04 bits per heavy atom. The van der Waals surface area contributed by atoms with Crippen LogP contribution < -0.4 is 14.8 Å². The van der Waals surface area contributed by atoms with Crippen molar-refractivity contribution in [2.75, 3.05) is 13.2 Å². The van der Waals surface area contributed by atoms with Crippen molar-refractivity contribution in [2.45, 2.75) is 12.0 Å². The molecule has 136 valence electrons. The maximum atomic E-state index is 13.0. The van der Waals surface area contributed by atoms with Gasteiger partial charge in [0.25, 0.3) is 0 Å². The number of rotatable bonds is 5. The van der Waals surface area contributed by atoms with Gasteiger partial charge in [-0.2, -0.15) is 0 Å². The van der Waals surface area contributed by atoms with Gasteiger partial charge < -0.3 is 14.8 Å². The SMILES string of the molecule is O=C(NC[C@H]1COc2ccccc2O1)C(c1ccccc1)c1ccccc1. The number of ether oxygens (including phenoxy) is 2. The Hall–Kier alpha value is -3.27. The first kappa shape index (κ1) is 17.2. The van der Waals surface area contributed by atoms with Gasteiger partial charge in [-0.15, -0.1) is 0 Å². The lowest BCUT2D eigenvalue weighted by atomic mass is 9.90. The fraction of sp³-hybridized carbons (Fsp3) is 0.174. The molecule has 0 unspecified atom stereocenters. The topological polar surface area (TPSA) is 47.6 Å². The maximum Gasteiger partial charge on any atom is 0.232 e. The Kier molecular flexibility index (Phi) is 5.06. The van der Waals surface area contributed by atoms with Crippen LogP contribution >= 0.6 is 0 Å². The molecule has 3 aromatic carbocycles. The van der Waals surface area contributed by atoms with Crippen molar-refractivity contribution >= 4 is 5.91 Å². The Morgan fingerprint density at radius 1 is 0.852 bits per heavy atom. The van der Waals surface area contributed by atoms with E-state index in [-0.39, 0.29) is 17.9 Å². The van der Waals surface area contributed by atoms with Crippen molar-refractivity contribution in [2.24, 2.45) is 0 Å². The molecular formula is C23H21NO3. The fourth-order valence-electron chi connectivity index (χ4n) is 3.27. The first-order valence-corrected chi connectivity index (χ1v) is 9.07. The summed E-state index contributed by atoms with van der Waals surface area (Å²) in [7, 11) is 0. The number of para-hydroxylation sites is 2. The summed E-state index contributed by atoms with van der Waals surface area (Å²) in [6, 6.07) is 27.2. The smallest absolute Gasteiger partial charge is 0.232 e. The van der Waals surface area contributed by atoms with E-state index in [1.54, 1.807) is 0 Å². The number of carbonyl (C=O) groups excluding carboxylic acids is 1. The van der Waals surface area contributed by atoms with Crippen LogP contribution in [0.3, 0.4) is 0 Å². The minimum absolute atomic E-state index is 0.0464. The molecule has 4 rings (SSSR count). The van der Waals surface area contributed by atoms with Crippen LogP contribution in [0.4, 0.5) is 0 Å². The number of benzene rings is 3. The fourth-order valence-corrected chi connectivity index (χ4v) is 3.27. The van der Waals surface area contributed by atoms with Crippen molar-refractivity contribution in [1.29, 1.82) is 0 Å². The van der Waals surface area contributed by atoms with Crippen molar-refractivity contribution < 1.29 is 14.3 Å². The zero-order valence-electron chi connectivity index (χ0n) is 14.9. The minimum Gasteiger partial charge on any atom is -0.486 e. The number of hydrogen-bond donors (Lipinski definition) is 1. The Labute approximate surface area is 158 Å². The lowest BCUT2D eigenvalue weighted by molar-refractivity contribution is -0.122. The molecule has 1 N–H and O–H groups in total. The van der Waals surface area contributed by atoms with Crippen LogP contribution in [0.1, 0.15) is 17.0 Å². The van der Waals surface area contributed by atoms with Gasteiger partial charge in [0.1, 0.15) is 12.7 Å². The monoisotopic (exact) mass is 359 g/mol. The molecule has 0 aromatic heterocycles. The van der Waals surface area contributed by atoms with Crippen LogP contribution in [0.25, 0.3) is 0 Å². The molecule has 3 aromatic rings. The Balaban J connectivity index is 1.47. The molecule has 4 heteroatoms. The second-order valence-electron chi connectivity index (χ2n) is 6.50. The molecule has 0 bridgehead atoms. The third-order valence-corrected chi connectivity index (χ3v) is 4.60. The maximum absolute atomic E-state index is 13.0. The predicted molar refractivity (Wildman–Crippen MR) is 104 cm³/mol. The summed E-state index contributed by atoms with van der Waals surface area (Å²) < 4.78 is 11.7. The quantitative estimate of drug-likeness (QED) is 0.754. The molecule has 0 radical (unpaired) electrons. The molecule has 0 fully saturated rings. The standard InChI is InChI=1S/C23H21NO3/c25-23(24-15-19-16-26-20-13-7-8-14-21(20)27-19)22(17-9-3-1-4-10-17)18-11-5-2-6-12-18/h1-14,19,22H,15-16H2,(H,24,25)/t19-/m0/s1. The van der Waals surface area contributed by atoms with E-state index in [4.69, 9.17) is 9.47 Å². The van der Waals surface area contributed by atoms with Gasteiger partial charge in [0.15, 0.2) is 11.5 Å². The highest BCUT2D eigenvalue weighted by Crippen LogP contribution is 2.31. The highest BCUT2D eigenvalue weighted by molar-refractivity contribution is 5.87. The van der Waals surface area contributed by atoms with Gasteiger partial charge in [-0.1, -0.05) is 72.8 Å². The first-order valence-electron chi connectivity index (χ1n) is 9.07. The zero-order valence-corrected chi connectivity index (χ0v) is 14.9. The molecular weight excluding hydrogens is 338 g/mol. The molecule has 0 spiro atoms. The van der Waals surface area contributed by atoms with E-state index in [2.05, 4.69) is 5.32 Å². The summed E-state index contributed by atoms with van der Waals surface area (Å²) in [4.78, 5) is 13.0. The Morgan fingerprint density at radius 2 is 1.41 bits per heavy atom. The van der Waals surface area contributed by atoms with E-state index in [9.17, 15) is 4.79 Å². The molecule has 27 heavy (non-hydrogen) atoms. The van der Waals surface area contributed by atoms with E-state index >= 15 is 0 Å². The van der Waals surface area contributed by atoms with Gasteiger partial charge in [-0.3, -0.25) is 4.79 Å². The lowest BCUT2D eigenvalue weighted by Gasteiger charge is -2.27. The average molecular weight is 359 g/mol. The summed E-state index contributed by atoms with van der Waals surface area (Å²) in [5.41, 5.74) is 1.93. The van der Waals surface area contributed by atoms with E-state index in [1.807, 2.05) is 84.9 Å². The average Bonchev–Trinajstić information content (AvgIpc) is 2.74. The highest BCUT2D eigenvalue weighted by atomic mass is 16.6. The van der Waals surface area contributed by atoms with Crippen LogP contribution in [0.5, 0.6) is 11.5 Å². The normalized spacial score (nSPS) is 15.4. The summed E-state index contributed by atoms with van der Waals surface area (Å²) in [5, 5.41) is 3.04. The van der Waals surface area contributed by atoms with E-state index < -0.39 is 0 Å². The molecule has 1 aliphatic heterocycles. The van der Waals surface area contributed by atoms with E-state index in [1.165, 1.54) is 0 Å². The largest absolute Gasteiger partial charge is 0.486 e. The zero-order chi connectivity index (χ0) is 18.5. The summed E-state index contributed by atoms with van der Waals surface area (Å²) >= 11 is 0. The van der Waals surface area contributed by atoms with Gasteiger partial charge in [-0.05, 0) is 23.3 Å². The molecule has 1 atom stereocenters. The summed E-state index contributed by atoms with van der Waals surface area (Å²) in [6.45, 7) is 0.808. The number of fused-ring (bicyclic) bond motifs is 1.